The van der Waals surface area contributed by atoms with Crippen LogP contribution in [0.2, 0.25) is 0 Å². The van der Waals surface area contributed by atoms with E-state index in [0.29, 0.717) is 13.0 Å². The molecule has 100 valence electrons. The second-order valence-electron chi connectivity index (χ2n) is 5.91. The van der Waals surface area contributed by atoms with Gasteiger partial charge in [0.15, 0.2) is 0 Å². The van der Waals surface area contributed by atoms with Crippen LogP contribution < -0.4 is 5.32 Å². The van der Waals surface area contributed by atoms with E-state index in [-0.39, 0.29) is 11.8 Å². The summed E-state index contributed by atoms with van der Waals surface area (Å²) in [5.41, 5.74) is -0.846. The Morgan fingerprint density at radius 2 is 1.71 bits per heavy atom. The van der Waals surface area contributed by atoms with Gasteiger partial charge in [0.05, 0.1) is 6.42 Å². The third kappa shape index (κ3) is 9.66. The van der Waals surface area contributed by atoms with Crippen LogP contribution in [0.15, 0.2) is 0 Å². The number of aliphatic carboxylic acids is 1. The molecule has 0 saturated carbocycles. The van der Waals surface area contributed by atoms with E-state index in [1.165, 1.54) is 0 Å². The van der Waals surface area contributed by atoms with Gasteiger partial charge >= 0.3 is 12.1 Å². The molecule has 0 aromatic rings. The van der Waals surface area contributed by atoms with Gasteiger partial charge in [-0.15, -0.1) is 0 Å². The third-order valence-corrected chi connectivity index (χ3v) is 2.10. The van der Waals surface area contributed by atoms with Crippen LogP contribution in [0.25, 0.3) is 0 Å². The maximum atomic E-state index is 11.3. The lowest BCUT2D eigenvalue weighted by molar-refractivity contribution is -0.139. The van der Waals surface area contributed by atoms with Gasteiger partial charge in [-0.3, -0.25) is 4.79 Å². The van der Waals surface area contributed by atoms with Crippen LogP contribution in [0.3, 0.4) is 0 Å². The molecule has 0 bridgehead atoms. The van der Waals surface area contributed by atoms with Gasteiger partial charge < -0.3 is 15.2 Å². The van der Waals surface area contributed by atoms with Crippen molar-refractivity contribution in [2.45, 2.75) is 53.1 Å². The molecule has 1 amide bonds. The summed E-state index contributed by atoms with van der Waals surface area (Å²) in [5, 5.41) is 11.3. The highest BCUT2D eigenvalue weighted by atomic mass is 16.6. The molecule has 0 aliphatic carbocycles. The molecule has 0 aliphatic heterocycles. The van der Waals surface area contributed by atoms with Gasteiger partial charge in [-0.2, -0.15) is 0 Å². The molecular formula is C12H23NO4. The smallest absolute Gasteiger partial charge is 0.407 e. The Balaban J connectivity index is 3.91. The van der Waals surface area contributed by atoms with Crippen molar-refractivity contribution >= 4 is 12.1 Å². The summed E-state index contributed by atoms with van der Waals surface area (Å²) in [6.45, 7) is 9.51. The summed E-state index contributed by atoms with van der Waals surface area (Å²) >= 11 is 0. The minimum absolute atomic E-state index is 0.0863. The van der Waals surface area contributed by atoms with Crippen molar-refractivity contribution in [3.05, 3.63) is 0 Å². The Kier molecular flexibility index (Phi) is 5.45. The number of nitrogens with one attached hydrogen (secondary N) is 1. The second-order valence-corrected chi connectivity index (χ2v) is 5.91. The van der Waals surface area contributed by atoms with Crippen molar-refractivity contribution in [1.82, 2.24) is 5.32 Å². The molecule has 0 aromatic carbocycles. The van der Waals surface area contributed by atoms with Crippen LogP contribution >= 0.6 is 0 Å². The van der Waals surface area contributed by atoms with Crippen LogP contribution in [0, 0.1) is 5.41 Å². The first kappa shape index (κ1) is 15.7. The highest BCUT2D eigenvalue weighted by molar-refractivity contribution is 5.68. The zero-order valence-corrected chi connectivity index (χ0v) is 11.3. The zero-order valence-electron chi connectivity index (χ0n) is 11.3. The van der Waals surface area contributed by atoms with Crippen molar-refractivity contribution in [1.29, 1.82) is 0 Å². The first-order valence-corrected chi connectivity index (χ1v) is 5.70. The monoisotopic (exact) mass is 245 g/mol. The predicted molar refractivity (Wildman–Crippen MR) is 64.9 cm³/mol. The van der Waals surface area contributed by atoms with E-state index >= 15 is 0 Å². The molecule has 0 rings (SSSR count). The molecule has 0 aromatic heterocycles. The molecule has 17 heavy (non-hydrogen) atoms. The average molecular weight is 245 g/mol. The molecular weight excluding hydrogens is 222 g/mol. The van der Waals surface area contributed by atoms with Crippen LogP contribution in [0.1, 0.15) is 47.5 Å². The largest absolute Gasteiger partial charge is 0.481 e. The fourth-order valence-corrected chi connectivity index (χ4v) is 1.31. The standard InChI is InChI=1S/C12H23NO4/c1-11(2,3)17-10(16)13-7-6-12(4,5)8-9(14)15/h6-8H2,1-5H3,(H,13,16)(H,14,15). The molecule has 0 atom stereocenters. The number of amides is 1. The van der Waals surface area contributed by atoms with Gasteiger partial charge in [0.2, 0.25) is 0 Å². The average Bonchev–Trinajstić information content (AvgIpc) is 1.95. The van der Waals surface area contributed by atoms with E-state index < -0.39 is 17.7 Å². The summed E-state index contributed by atoms with van der Waals surface area (Å²) in [7, 11) is 0. The normalized spacial score (nSPS) is 12.1. The predicted octanol–water partition coefficient (Wildman–Crippen LogP) is 2.40. The molecule has 0 saturated heterocycles. The Labute approximate surface area is 103 Å². The number of rotatable bonds is 5. The van der Waals surface area contributed by atoms with E-state index in [1.54, 1.807) is 20.8 Å². The van der Waals surface area contributed by atoms with E-state index in [1.807, 2.05) is 13.8 Å². The lowest BCUT2D eigenvalue weighted by atomic mass is 9.86. The number of ether oxygens (including phenoxy) is 1. The maximum absolute atomic E-state index is 11.3. The van der Waals surface area contributed by atoms with E-state index in [9.17, 15) is 9.59 Å². The Hall–Kier alpha value is -1.26. The van der Waals surface area contributed by atoms with Crippen LogP contribution in [-0.4, -0.2) is 29.3 Å². The van der Waals surface area contributed by atoms with Gasteiger partial charge in [-0.1, -0.05) is 13.8 Å². The summed E-state index contributed by atoms with van der Waals surface area (Å²) in [6.07, 6.45) is 0.213. The van der Waals surface area contributed by atoms with Gasteiger partial charge in [-0.05, 0) is 32.6 Å². The van der Waals surface area contributed by atoms with Crippen molar-refractivity contribution in [2.75, 3.05) is 6.54 Å². The zero-order chi connectivity index (χ0) is 13.7. The van der Waals surface area contributed by atoms with Crippen molar-refractivity contribution in [2.24, 2.45) is 5.41 Å². The highest BCUT2D eigenvalue weighted by Crippen LogP contribution is 2.24. The Bertz CT molecular complexity index is 279. The topological polar surface area (TPSA) is 75.6 Å². The summed E-state index contributed by atoms with van der Waals surface area (Å²) in [6, 6.07) is 0. The van der Waals surface area contributed by atoms with Crippen LogP contribution in [0.5, 0.6) is 0 Å². The van der Waals surface area contributed by atoms with Gasteiger partial charge in [0, 0.05) is 6.54 Å². The van der Waals surface area contributed by atoms with E-state index in [4.69, 9.17) is 9.84 Å². The third-order valence-electron chi connectivity index (χ3n) is 2.10. The molecule has 0 spiro atoms. The number of hydrogen-bond acceptors (Lipinski definition) is 3. The minimum Gasteiger partial charge on any atom is -0.481 e. The van der Waals surface area contributed by atoms with Crippen molar-refractivity contribution in [3.8, 4) is 0 Å². The number of alkyl carbamates (subject to hydrolysis) is 1. The molecule has 5 nitrogen and oxygen atoms in total. The molecule has 0 radical (unpaired) electrons. The number of carboxylic acids is 1. The van der Waals surface area contributed by atoms with Gasteiger partial charge in [0.25, 0.3) is 0 Å². The van der Waals surface area contributed by atoms with Crippen molar-refractivity contribution in [3.63, 3.8) is 0 Å². The van der Waals surface area contributed by atoms with E-state index in [2.05, 4.69) is 5.32 Å². The second kappa shape index (κ2) is 5.89. The van der Waals surface area contributed by atoms with Crippen LogP contribution in [0.4, 0.5) is 4.79 Å². The number of carbonyl (C=O) groups is 2. The number of carboxylic acid groups (broad SMARTS) is 1. The molecule has 0 aliphatic rings. The minimum atomic E-state index is -0.827. The summed E-state index contributed by atoms with van der Waals surface area (Å²) in [5.74, 6) is -0.827. The fraction of sp³-hybridized carbons (Fsp3) is 0.833. The van der Waals surface area contributed by atoms with Crippen molar-refractivity contribution < 1.29 is 19.4 Å². The highest BCUT2D eigenvalue weighted by Gasteiger charge is 2.22. The maximum Gasteiger partial charge on any atom is 0.407 e. The quantitative estimate of drug-likeness (QED) is 0.779. The molecule has 5 heteroatoms. The number of carbonyl (C=O) groups excluding carboxylic acids is 1. The summed E-state index contributed by atoms with van der Waals surface area (Å²) < 4.78 is 5.07. The molecule has 2 N–H and O–H groups in total. The first-order chi connectivity index (χ1) is 7.52. The van der Waals surface area contributed by atoms with Gasteiger partial charge in [0.1, 0.15) is 5.60 Å². The molecule has 0 fully saturated rings. The lowest BCUT2D eigenvalue weighted by Crippen LogP contribution is -2.34. The first-order valence-electron chi connectivity index (χ1n) is 5.70. The summed E-state index contributed by atoms with van der Waals surface area (Å²) in [4.78, 5) is 21.9. The fourth-order valence-electron chi connectivity index (χ4n) is 1.31. The number of hydrogen-bond donors (Lipinski definition) is 2. The Morgan fingerprint density at radius 1 is 1.18 bits per heavy atom. The Morgan fingerprint density at radius 3 is 2.12 bits per heavy atom. The van der Waals surface area contributed by atoms with Gasteiger partial charge in [-0.25, -0.2) is 4.79 Å². The SMILES string of the molecule is CC(C)(CCNC(=O)OC(C)(C)C)CC(=O)O. The van der Waals surface area contributed by atoms with Crippen LogP contribution in [-0.2, 0) is 9.53 Å². The lowest BCUT2D eigenvalue weighted by Gasteiger charge is -2.23. The molecule has 0 unspecified atom stereocenters. The van der Waals surface area contributed by atoms with E-state index in [0.717, 1.165) is 0 Å². The molecule has 0 heterocycles.